The van der Waals surface area contributed by atoms with Crippen LogP contribution in [0.25, 0.3) is 11.0 Å². The van der Waals surface area contributed by atoms with Crippen molar-refractivity contribution in [3.8, 4) is 23.0 Å². The van der Waals surface area contributed by atoms with E-state index >= 15 is 0 Å². The fourth-order valence-corrected chi connectivity index (χ4v) is 4.12. The summed E-state index contributed by atoms with van der Waals surface area (Å²) < 4.78 is 24.1. The topological polar surface area (TPSA) is 84.2 Å². The number of fused-ring (bicyclic) bond motifs is 2. The Morgan fingerprint density at radius 1 is 1.17 bits per heavy atom. The van der Waals surface area contributed by atoms with E-state index in [0.29, 0.717) is 38.3 Å². The molecule has 4 aromatic rings. The van der Waals surface area contributed by atoms with Gasteiger partial charge in [0, 0.05) is 11.6 Å². The van der Waals surface area contributed by atoms with Crippen LogP contribution < -0.4 is 29.0 Å². The summed E-state index contributed by atoms with van der Waals surface area (Å²) in [7, 11) is 3.16. The largest absolute Gasteiger partial charge is 0.497 e. The number of hydrogen-bond acceptors (Lipinski definition) is 8. The summed E-state index contributed by atoms with van der Waals surface area (Å²) in [6, 6.07) is 12.8. The van der Waals surface area contributed by atoms with Gasteiger partial charge in [0.15, 0.2) is 23.4 Å². The molecule has 2 aromatic carbocycles. The van der Waals surface area contributed by atoms with Gasteiger partial charge in [-0.15, -0.1) is 5.10 Å². The molecule has 30 heavy (non-hydrogen) atoms. The Bertz CT molecular complexity index is 1350. The minimum Gasteiger partial charge on any atom is -0.497 e. The highest BCUT2D eigenvalue weighted by Crippen LogP contribution is 2.35. The Balaban J connectivity index is 1.49. The second kappa shape index (κ2) is 7.34. The lowest BCUT2D eigenvalue weighted by atomic mass is 10.2. The fourth-order valence-electron chi connectivity index (χ4n) is 3.21. The van der Waals surface area contributed by atoms with Gasteiger partial charge in [-0.05, 0) is 30.3 Å². The van der Waals surface area contributed by atoms with Gasteiger partial charge in [0.25, 0.3) is 5.56 Å². The molecule has 0 radical (unpaired) electrons. The number of rotatable bonds is 4. The number of benzene rings is 2. The summed E-state index contributed by atoms with van der Waals surface area (Å²) in [6.45, 7) is 0.283. The summed E-state index contributed by atoms with van der Waals surface area (Å²) >= 11 is 1.26. The van der Waals surface area contributed by atoms with E-state index in [-0.39, 0.29) is 12.2 Å². The van der Waals surface area contributed by atoms with Crippen LogP contribution in [0.1, 0.15) is 17.5 Å². The van der Waals surface area contributed by atoms with Gasteiger partial charge in [0.2, 0.25) is 4.96 Å². The van der Waals surface area contributed by atoms with Crippen LogP contribution in [-0.2, 0) is 0 Å². The number of nitrogens with zero attached hydrogens (tertiary/aromatic N) is 3. The molecule has 0 spiro atoms. The van der Waals surface area contributed by atoms with Crippen LogP contribution in [0.15, 0.2) is 47.3 Å². The lowest BCUT2D eigenvalue weighted by Gasteiger charge is -2.24. The minimum atomic E-state index is -0.472. The third-order valence-corrected chi connectivity index (χ3v) is 5.68. The highest BCUT2D eigenvalue weighted by atomic mass is 32.1. The molecule has 5 rings (SSSR count). The molecule has 0 amide bonds. The van der Waals surface area contributed by atoms with Crippen molar-refractivity contribution in [1.29, 1.82) is 0 Å². The molecule has 0 saturated heterocycles. The predicted octanol–water partition coefficient (Wildman–Crippen LogP) is 2.23. The van der Waals surface area contributed by atoms with Crippen molar-refractivity contribution in [2.24, 2.45) is 0 Å². The molecular weight excluding hydrogens is 406 g/mol. The second-order valence-corrected chi connectivity index (χ2v) is 7.56. The number of aromatic nitrogens is 3. The molecule has 0 fully saturated rings. The van der Waals surface area contributed by atoms with Crippen molar-refractivity contribution in [2.45, 2.75) is 6.10 Å². The first-order valence-corrected chi connectivity index (χ1v) is 9.99. The van der Waals surface area contributed by atoms with Gasteiger partial charge in [-0.25, -0.2) is 0 Å². The Morgan fingerprint density at radius 3 is 2.77 bits per heavy atom. The van der Waals surface area contributed by atoms with Crippen LogP contribution in [-0.4, -0.2) is 35.4 Å². The van der Waals surface area contributed by atoms with Crippen molar-refractivity contribution in [3.63, 3.8) is 0 Å². The average Bonchev–Trinajstić information content (AvgIpc) is 3.33. The van der Waals surface area contributed by atoms with Crippen molar-refractivity contribution >= 4 is 22.4 Å². The van der Waals surface area contributed by atoms with E-state index in [0.717, 1.165) is 5.56 Å². The number of thiazole rings is 1. The Hall–Kier alpha value is -3.59. The maximum absolute atomic E-state index is 12.9. The highest BCUT2D eigenvalue weighted by molar-refractivity contribution is 7.15. The van der Waals surface area contributed by atoms with Crippen molar-refractivity contribution in [1.82, 2.24) is 14.6 Å². The molecule has 2 aromatic heterocycles. The Morgan fingerprint density at radius 2 is 2.00 bits per heavy atom. The zero-order valence-corrected chi connectivity index (χ0v) is 17.0. The van der Waals surface area contributed by atoms with Crippen LogP contribution in [0.4, 0.5) is 0 Å². The molecule has 0 N–H and O–H groups in total. The Labute approximate surface area is 174 Å². The number of ether oxygens (including phenoxy) is 4. The van der Waals surface area contributed by atoms with Crippen LogP contribution in [0, 0.1) is 0 Å². The van der Waals surface area contributed by atoms with Gasteiger partial charge in [-0.1, -0.05) is 23.5 Å². The quantitative estimate of drug-likeness (QED) is 0.498. The first-order chi connectivity index (χ1) is 14.7. The van der Waals surface area contributed by atoms with Crippen LogP contribution >= 0.6 is 11.3 Å². The Kier molecular flexibility index (Phi) is 4.51. The molecule has 0 bridgehead atoms. The van der Waals surface area contributed by atoms with Gasteiger partial charge in [0.05, 0.1) is 18.8 Å². The molecule has 1 atom stereocenters. The summed E-state index contributed by atoms with van der Waals surface area (Å²) in [6.07, 6.45) is 1.29. The molecule has 8 nitrogen and oxygen atoms in total. The van der Waals surface area contributed by atoms with Gasteiger partial charge in [-0.2, -0.15) is 9.50 Å². The number of hydrogen-bond donors (Lipinski definition) is 0. The lowest BCUT2D eigenvalue weighted by Crippen LogP contribution is -2.26. The van der Waals surface area contributed by atoms with E-state index in [2.05, 4.69) is 10.1 Å². The van der Waals surface area contributed by atoms with Crippen LogP contribution in [0.2, 0.25) is 0 Å². The normalized spacial score (nSPS) is 16.1. The minimum absolute atomic E-state index is 0.247. The van der Waals surface area contributed by atoms with Crippen LogP contribution in [0.3, 0.4) is 0 Å². The first-order valence-electron chi connectivity index (χ1n) is 9.18. The molecule has 1 aliphatic rings. The SMILES string of the molecule is COc1ccc(/C=c2\sc3nc([C@H]4COc5ccccc5O4)nn3c2=O)c(OC)c1. The van der Waals surface area contributed by atoms with Crippen LogP contribution in [0.5, 0.6) is 23.0 Å². The summed E-state index contributed by atoms with van der Waals surface area (Å²) in [5.41, 5.74) is 0.518. The fraction of sp³-hybridized carbons (Fsp3) is 0.190. The van der Waals surface area contributed by atoms with E-state index in [1.54, 1.807) is 26.4 Å². The maximum Gasteiger partial charge on any atom is 0.291 e. The molecule has 0 aliphatic carbocycles. The molecule has 1 aliphatic heterocycles. The van der Waals surface area contributed by atoms with Gasteiger partial charge in [-0.3, -0.25) is 4.79 Å². The van der Waals surface area contributed by atoms with E-state index in [1.165, 1.54) is 15.9 Å². The standard InChI is InChI=1S/C21H17N3O5S/c1-26-13-8-7-12(16(10-13)27-2)9-18-20(25)24-21(30-18)22-19(23-24)17-11-28-14-5-3-4-6-15(14)29-17/h3-10,17H,11H2,1-2H3/b18-9-/t17-/m1/s1. The number of para-hydroxylation sites is 2. The molecule has 9 heteroatoms. The second-order valence-electron chi connectivity index (χ2n) is 6.55. The predicted molar refractivity (Wildman–Crippen MR) is 111 cm³/mol. The highest BCUT2D eigenvalue weighted by Gasteiger charge is 2.27. The maximum atomic E-state index is 12.9. The molecule has 0 saturated carbocycles. The van der Waals surface area contributed by atoms with E-state index in [4.69, 9.17) is 18.9 Å². The van der Waals surface area contributed by atoms with E-state index in [1.807, 2.05) is 36.4 Å². The van der Waals surface area contributed by atoms with E-state index < -0.39 is 6.10 Å². The summed E-state index contributed by atoms with van der Waals surface area (Å²) in [4.78, 5) is 17.8. The summed E-state index contributed by atoms with van der Waals surface area (Å²) in [5, 5.41) is 4.37. The molecule has 152 valence electrons. The zero-order valence-electron chi connectivity index (χ0n) is 16.2. The van der Waals surface area contributed by atoms with Gasteiger partial charge < -0.3 is 18.9 Å². The third-order valence-electron chi connectivity index (χ3n) is 4.72. The third kappa shape index (κ3) is 3.13. The average molecular weight is 423 g/mol. The smallest absolute Gasteiger partial charge is 0.291 e. The van der Waals surface area contributed by atoms with Crippen molar-refractivity contribution in [3.05, 3.63) is 68.7 Å². The lowest BCUT2D eigenvalue weighted by molar-refractivity contribution is 0.0852. The van der Waals surface area contributed by atoms with Gasteiger partial charge >= 0.3 is 0 Å². The van der Waals surface area contributed by atoms with Crippen molar-refractivity contribution < 1.29 is 18.9 Å². The van der Waals surface area contributed by atoms with Crippen molar-refractivity contribution in [2.75, 3.05) is 20.8 Å². The molecule has 0 unspecified atom stereocenters. The molecular formula is C21H17N3O5S. The van der Waals surface area contributed by atoms with E-state index in [9.17, 15) is 4.79 Å². The van der Waals surface area contributed by atoms with Gasteiger partial charge in [0.1, 0.15) is 18.1 Å². The number of methoxy groups -OCH3 is 2. The first kappa shape index (κ1) is 18.4. The molecule has 3 heterocycles. The summed E-state index contributed by atoms with van der Waals surface area (Å²) in [5.74, 6) is 3.02. The zero-order chi connectivity index (χ0) is 20.7. The monoisotopic (exact) mass is 423 g/mol.